The van der Waals surface area contributed by atoms with Gasteiger partial charge < -0.3 is 34.9 Å². The molecule has 13 heteroatoms. The van der Waals surface area contributed by atoms with Gasteiger partial charge in [-0.3, -0.25) is 19.2 Å². The molecule has 4 atom stereocenters. The Morgan fingerprint density at radius 3 is 2.41 bits per heavy atom. The van der Waals surface area contributed by atoms with Crippen LogP contribution in [0.15, 0.2) is 42.0 Å². The van der Waals surface area contributed by atoms with Crippen molar-refractivity contribution < 1.29 is 38.6 Å². The number of nitrogens with zero attached hydrogens (tertiary/aromatic N) is 2. The summed E-state index contributed by atoms with van der Waals surface area (Å²) in [5.41, 5.74) is 0.995. The van der Waals surface area contributed by atoms with E-state index in [0.717, 1.165) is 29.6 Å². The van der Waals surface area contributed by atoms with Crippen LogP contribution in [0.5, 0.6) is 5.75 Å². The van der Waals surface area contributed by atoms with Gasteiger partial charge in [-0.15, -0.1) is 11.3 Å². The molecule has 2 rings (SSSR count). The first-order chi connectivity index (χ1) is 21.9. The van der Waals surface area contributed by atoms with Crippen LogP contribution in [0.3, 0.4) is 0 Å². The molecule has 4 unspecified atom stereocenters. The molecule has 2 aromatic rings. The maximum absolute atomic E-state index is 13.3. The topological polar surface area (TPSA) is 164 Å². The average Bonchev–Trinajstić information content (AvgIpc) is 3.50. The lowest BCUT2D eigenvalue weighted by molar-refractivity contribution is -0.150. The number of hydrogen-bond donors (Lipinski definition) is 3. The van der Waals surface area contributed by atoms with Crippen molar-refractivity contribution in [1.29, 1.82) is 0 Å². The molecule has 0 spiro atoms. The van der Waals surface area contributed by atoms with Crippen LogP contribution < -0.4 is 10.6 Å². The number of aromatic hydroxyl groups is 1. The van der Waals surface area contributed by atoms with E-state index in [9.17, 15) is 29.1 Å². The second kappa shape index (κ2) is 19.3. The van der Waals surface area contributed by atoms with Crippen LogP contribution in [0.4, 0.5) is 0 Å². The SMILES string of the molecule is C=C(CCC)OCN(C(=O)CNC=O)C(CC(OC(C)=O)c1nc(C(=O)NC(Cc2ccc(O)cc2)CC(C)C=O)cs1)C(C)C. The van der Waals surface area contributed by atoms with Crippen LogP contribution >= 0.6 is 11.3 Å². The number of thiazole rings is 1. The highest BCUT2D eigenvalue weighted by atomic mass is 32.1. The lowest BCUT2D eigenvalue weighted by Gasteiger charge is -2.36. The fraction of sp³-hybridized carbons (Fsp3) is 0.515. The maximum Gasteiger partial charge on any atom is 0.303 e. The summed E-state index contributed by atoms with van der Waals surface area (Å²) in [7, 11) is 0. The molecule has 0 aliphatic carbocycles. The minimum atomic E-state index is -0.882. The number of aldehydes is 1. The Bertz CT molecular complexity index is 1310. The van der Waals surface area contributed by atoms with Crippen molar-refractivity contribution in [3.63, 3.8) is 0 Å². The summed E-state index contributed by atoms with van der Waals surface area (Å²) >= 11 is 1.15. The number of carbonyl (C=O) groups is 5. The van der Waals surface area contributed by atoms with Gasteiger partial charge in [0.1, 0.15) is 22.7 Å². The summed E-state index contributed by atoms with van der Waals surface area (Å²) in [4.78, 5) is 67.0. The highest BCUT2D eigenvalue weighted by Gasteiger charge is 2.33. The van der Waals surface area contributed by atoms with Gasteiger partial charge in [-0.05, 0) is 42.9 Å². The summed E-state index contributed by atoms with van der Waals surface area (Å²) in [6.45, 7) is 12.4. The quantitative estimate of drug-likeness (QED) is 0.0768. The van der Waals surface area contributed by atoms with Gasteiger partial charge in [0.05, 0.1) is 12.3 Å². The molecular weight excluding hydrogens is 612 g/mol. The minimum Gasteiger partial charge on any atom is -0.508 e. The third-order valence-electron chi connectivity index (χ3n) is 7.20. The standard InChI is InChI=1S/C33H46N4O8S/c1-7-8-23(5)44-20-37(31(42)16-34-19-39)29(21(2)3)15-30(45-24(6)40)33-36-28(18-46-33)32(43)35-26(13-22(4)17-38)14-25-9-11-27(41)12-10-25/h9-12,17-19,21-22,26,29-30,41H,5,7-8,13-16,20H2,1-4,6H3,(H,34,39)(H,35,43). The molecule has 0 saturated carbocycles. The number of carbonyl (C=O) groups excluding carboxylic acids is 5. The first-order valence-corrected chi connectivity index (χ1v) is 16.2. The number of esters is 1. The second-order valence-electron chi connectivity index (χ2n) is 11.5. The van der Waals surface area contributed by atoms with Crippen molar-refractivity contribution in [3.8, 4) is 5.75 Å². The lowest BCUT2D eigenvalue weighted by atomic mass is 9.96. The van der Waals surface area contributed by atoms with Crippen molar-refractivity contribution in [2.45, 2.75) is 84.9 Å². The number of benzene rings is 1. The third kappa shape index (κ3) is 12.6. The maximum atomic E-state index is 13.3. The van der Waals surface area contributed by atoms with Crippen molar-refractivity contribution in [2.24, 2.45) is 11.8 Å². The Labute approximate surface area is 274 Å². The predicted molar refractivity (Wildman–Crippen MR) is 174 cm³/mol. The molecule has 1 aromatic heterocycles. The highest BCUT2D eigenvalue weighted by Crippen LogP contribution is 2.31. The number of phenols is 1. The number of allylic oxidation sites excluding steroid dienone is 1. The van der Waals surface area contributed by atoms with E-state index in [-0.39, 0.29) is 54.9 Å². The Morgan fingerprint density at radius 1 is 1.13 bits per heavy atom. The fourth-order valence-electron chi connectivity index (χ4n) is 4.89. The van der Waals surface area contributed by atoms with Crippen LogP contribution in [0.2, 0.25) is 0 Å². The summed E-state index contributed by atoms with van der Waals surface area (Å²) < 4.78 is 11.5. The van der Waals surface area contributed by atoms with E-state index < -0.39 is 24.0 Å². The molecule has 0 aliphatic heterocycles. The largest absolute Gasteiger partial charge is 0.508 e. The molecule has 3 N–H and O–H groups in total. The van der Waals surface area contributed by atoms with Gasteiger partial charge >= 0.3 is 5.97 Å². The molecule has 1 aromatic carbocycles. The number of rotatable bonds is 21. The predicted octanol–water partition coefficient (Wildman–Crippen LogP) is 4.30. The van der Waals surface area contributed by atoms with Gasteiger partial charge in [-0.2, -0.15) is 0 Å². The third-order valence-corrected chi connectivity index (χ3v) is 8.14. The highest BCUT2D eigenvalue weighted by molar-refractivity contribution is 7.09. The molecule has 0 saturated heterocycles. The first kappa shape index (κ1) is 37.9. The summed E-state index contributed by atoms with van der Waals surface area (Å²) in [5, 5.41) is 16.9. The van der Waals surface area contributed by atoms with Gasteiger partial charge in [0.15, 0.2) is 12.8 Å². The summed E-state index contributed by atoms with van der Waals surface area (Å²) in [6.07, 6.45) is 2.81. The minimum absolute atomic E-state index is 0.110. The molecule has 0 fully saturated rings. The van der Waals surface area contributed by atoms with Crippen molar-refractivity contribution >= 4 is 41.8 Å². The fourth-order valence-corrected chi connectivity index (χ4v) is 5.73. The monoisotopic (exact) mass is 658 g/mol. The van der Waals surface area contributed by atoms with E-state index >= 15 is 0 Å². The Morgan fingerprint density at radius 2 is 1.83 bits per heavy atom. The number of hydrogen-bond acceptors (Lipinski definition) is 10. The Balaban J connectivity index is 2.32. The van der Waals surface area contributed by atoms with Gasteiger partial charge in [0, 0.05) is 43.1 Å². The number of phenolic OH excluding ortho intramolecular Hbond substituents is 1. The van der Waals surface area contributed by atoms with E-state index in [1.807, 2.05) is 20.8 Å². The molecule has 3 amide bonds. The zero-order chi connectivity index (χ0) is 34.2. The molecule has 1 heterocycles. The number of nitrogens with one attached hydrogen (secondary N) is 2. The molecule has 46 heavy (non-hydrogen) atoms. The van der Waals surface area contributed by atoms with Crippen molar-refractivity contribution in [1.82, 2.24) is 20.5 Å². The number of aromatic nitrogens is 1. The molecular formula is C33H46N4O8S. The van der Waals surface area contributed by atoms with Crippen molar-refractivity contribution in [2.75, 3.05) is 13.3 Å². The molecule has 0 bridgehead atoms. The number of amides is 3. The summed E-state index contributed by atoms with van der Waals surface area (Å²) in [6, 6.07) is 5.74. The van der Waals surface area contributed by atoms with Gasteiger partial charge in [0.25, 0.3) is 5.91 Å². The zero-order valence-corrected chi connectivity index (χ0v) is 28.0. The molecule has 12 nitrogen and oxygen atoms in total. The normalized spacial score (nSPS) is 13.5. The Hall–Kier alpha value is -4.26. The zero-order valence-electron chi connectivity index (χ0n) is 27.2. The van der Waals surface area contributed by atoms with Crippen LogP contribution in [0, 0.1) is 11.8 Å². The number of ether oxygens (including phenoxy) is 2. The summed E-state index contributed by atoms with van der Waals surface area (Å²) in [5.74, 6) is -1.17. The lowest BCUT2D eigenvalue weighted by Crippen LogP contribution is -2.48. The van der Waals surface area contributed by atoms with Crippen LogP contribution in [0.25, 0.3) is 0 Å². The van der Waals surface area contributed by atoms with Crippen molar-refractivity contribution in [3.05, 3.63) is 58.2 Å². The van der Waals surface area contributed by atoms with E-state index in [0.29, 0.717) is 36.4 Å². The van der Waals surface area contributed by atoms with Crippen LogP contribution in [-0.2, 0) is 35.1 Å². The Kier molecular flexibility index (Phi) is 15.9. The van der Waals surface area contributed by atoms with Gasteiger partial charge in [-0.25, -0.2) is 4.98 Å². The van der Waals surface area contributed by atoms with E-state index in [1.54, 1.807) is 36.6 Å². The first-order valence-electron chi connectivity index (χ1n) is 15.3. The van der Waals surface area contributed by atoms with Crippen LogP contribution in [0.1, 0.15) is 87.5 Å². The molecule has 252 valence electrons. The van der Waals surface area contributed by atoms with E-state index in [2.05, 4.69) is 22.2 Å². The second-order valence-corrected chi connectivity index (χ2v) is 12.4. The van der Waals surface area contributed by atoms with E-state index in [1.165, 1.54) is 11.8 Å². The van der Waals surface area contributed by atoms with Gasteiger partial charge in [-0.1, -0.05) is 46.4 Å². The molecule has 0 aliphatic rings. The average molecular weight is 659 g/mol. The smallest absolute Gasteiger partial charge is 0.303 e. The van der Waals surface area contributed by atoms with Gasteiger partial charge in [0.2, 0.25) is 12.3 Å². The van der Waals surface area contributed by atoms with Crippen LogP contribution in [-0.4, -0.2) is 70.8 Å². The molecule has 0 radical (unpaired) electrons. The van der Waals surface area contributed by atoms with E-state index in [4.69, 9.17) is 9.47 Å².